The smallest absolute Gasteiger partial charge is 0.335 e. The summed E-state index contributed by atoms with van der Waals surface area (Å²) in [6.45, 7) is 23.9. The fourth-order valence-electron chi connectivity index (χ4n) is 6.46. The molecule has 0 aliphatic rings. The molecule has 2 N–H and O–H groups in total. The number of aromatic carboxylic acids is 1. The van der Waals surface area contributed by atoms with Crippen LogP contribution in [0.15, 0.2) is 45.4 Å². The predicted octanol–water partition coefficient (Wildman–Crippen LogP) is 19.9. The molecule has 1 heterocycles. The lowest BCUT2D eigenvalue weighted by Crippen LogP contribution is -2.21. The molecular weight excluding hydrogens is 576 g/mol. The number of methoxy groups -OCH3 is 1. The second-order valence-electron chi connectivity index (χ2n) is 13.7. The summed E-state index contributed by atoms with van der Waals surface area (Å²) in [5.74, 6) is -1.48. The maximum atomic E-state index is 14.2. The fourth-order valence-corrected chi connectivity index (χ4v) is 6.46. The van der Waals surface area contributed by atoms with Crippen LogP contribution in [0.5, 0.6) is 5.75 Å². The lowest BCUT2D eigenvalue weighted by molar-refractivity contribution is 0.0696. The number of ether oxygens (including phenoxy) is 1. The van der Waals surface area contributed by atoms with Gasteiger partial charge in [-0.2, -0.15) is 0 Å². The third kappa shape index (κ3) is 6.05. The summed E-state index contributed by atoms with van der Waals surface area (Å²) in [6.07, 6.45) is 0. The number of carboxylic acids is 1. The van der Waals surface area contributed by atoms with Gasteiger partial charge in [0.2, 0.25) is 0 Å². The number of hydrogen-bond acceptors (Lipinski definition) is 5. The highest BCUT2D eigenvalue weighted by atomic mass is 16.5. The summed E-state index contributed by atoms with van der Waals surface area (Å²) < 4.78 is 86.3. The third-order valence-electron chi connectivity index (χ3n) is 8.84. The molecule has 8 heteroatoms. The Morgan fingerprint density at radius 1 is 1.00 bits per heavy atom. The molecule has 0 bridgehead atoms. The molecule has 8 nitrogen and oxygen atoms in total. The number of nitrogens with zero attached hydrogens (tertiary/aromatic N) is 3. The van der Waals surface area contributed by atoms with Crippen LogP contribution in [0.2, 0.25) is 0 Å². The number of aryl methyl sites for hydroxylation is 2. The van der Waals surface area contributed by atoms with E-state index in [-0.39, 0.29) is 63.7 Å². The van der Waals surface area contributed by atoms with Gasteiger partial charge >= 0.3 is 5.97 Å². The molecule has 0 aliphatic heterocycles. The molecule has 0 aliphatic carbocycles. The number of aromatic nitrogens is 2. The second kappa shape index (κ2) is 12.7. The first-order valence-electron chi connectivity index (χ1n) is 23.2. The molecule has 0 amide bonds. The van der Waals surface area contributed by atoms with Gasteiger partial charge in [0.1, 0.15) is 5.69 Å². The summed E-state index contributed by atoms with van der Waals surface area (Å²) in [5, 5.41) is 22.2. The van der Waals surface area contributed by atoms with Crippen molar-refractivity contribution in [2.24, 2.45) is 10.2 Å². The molecule has 0 saturated heterocycles. The third-order valence-corrected chi connectivity index (χ3v) is 8.84. The van der Waals surface area contributed by atoms with Gasteiger partial charge in [0.15, 0.2) is 11.4 Å². The number of azo groups is 1. The van der Waals surface area contributed by atoms with Gasteiger partial charge in [-0.3, -0.25) is 9.89 Å². The molecule has 3 aromatic carbocycles. The van der Waals surface area contributed by atoms with E-state index in [0.717, 1.165) is 27.8 Å². The topological polar surface area (TPSA) is 109 Å². The van der Waals surface area contributed by atoms with E-state index in [1.807, 2.05) is 39.8 Å². The van der Waals surface area contributed by atoms with Crippen molar-refractivity contribution in [1.82, 2.24) is 9.78 Å². The molecule has 0 unspecified atom stereocenters. The molecule has 0 radical (unpaired) electrons. The molecule has 4 rings (SSSR count). The van der Waals surface area contributed by atoms with Crippen LogP contribution in [-0.4, -0.2) is 28.0 Å². The van der Waals surface area contributed by atoms with Gasteiger partial charge in [-0.1, -0.05) is 60.6 Å². The van der Waals surface area contributed by atoms with Crippen molar-refractivity contribution in [3.63, 3.8) is 0 Å². The number of carbonyl (C=O) groups is 1. The highest BCUT2D eigenvalue weighted by Crippen LogP contribution is 2.45. The van der Waals surface area contributed by atoms with Crippen LogP contribution in [0.4, 0.5) is 11.4 Å². The Bertz CT molecular complexity index is 2050. The van der Waals surface area contributed by atoms with Crippen LogP contribution < -0.4 is 10.3 Å². The highest BCUT2D eigenvalue weighted by molar-refractivity contribution is 5.94. The zero-order valence-corrected chi connectivity index (χ0v) is 29.5. The van der Waals surface area contributed by atoms with Crippen LogP contribution in [0.3, 0.4) is 0 Å². The monoisotopic (exact) mass is 720 g/mol. The van der Waals surface area contributed by atoms with Crippen molar-refractivity contribution < 1.29 is 83.9 Å². The minimum absolute atomic E-state index is 0. The van der Waals surface area contributed by atoms with E-state index in [1.54, 1.807) is 32.9 Å². The quantitative estimate of drug-likeness (QED) is 0.177. The number of hydrogen-bond donors (Lipinski definition) is 2. The molecular formula is C38H128N4O4. The van der Waals surface area contributed by atoms with Crippen molar-refractivity contribution in [1.29, 1.82) is 0 Å². The number of benzene rings is 3. The summed E-state index contributed by atoms with van der Waals surface area (Å²) in [5.41, 5.74) is 9.18. The van der Waals surface area contributed by atoms with Crippen molar-refractivity contribution in [3.05, 3.63) is 90.9 Å². The number of carboxylic acid groups (broad SMARTS) is 1. The van der Waals surface area contributed by atoms with E-state index in [2.05, 4.69) is 56.0 Å². The minimum atomic E-state index is -1.19. The Morgan fingerprint density at radius 2 is 1.63 bits per heavy atom. The second-order valence-corrected chi connectivity index (χ2v) is 13.7. The van der Waals surface area contributed by atoms with Gasteiger partial charge in [0.25, 0.3) is 5.56 Å². The minimum Gasteiger partial charge on any atom is -0.494 e. The Morgan fingerprint density at radius 3 is 2.17 bits per heavy atom. The Kier molecular flexibility index (Phi) is 6.85. The maximum Gasteiger partial charge on any atom is 0.335 e. The van der Waals surface area contributed by atoms with E-state index < -0.39 is 17.4 Å². The first kappa shape index (κ1) is 24.7. The Balaban J connectivity index is -0.0000000186. The normalized spacial score (nSPS) is 13.9. The van der Waals surface area contributed by atoms with Gasteiger partial charge in [-0.05, 0) is 115 Å². The number of nitrogens with one attached hydrogen (secondary N) is 1. The summed E-state index contributed by atoms with van der Waals surface area (Å²) >= 11 is 0. The zero-order chi connectivity index (χ0) is 49.3. The highest BCUT2D eigenvalue weighted by Gasteiger charge is 2.27. The van der Waals surface area contributed by atoms with E-state index in [4.69, 9.17) is 26.9 Å². The molecule has 1 aromatic heterocycles. The Hall–Kier alpha value is -4.46. The van der Waals surface area contributed by atoms with Crippen LogP contribution in [-0.2, 0) is 5.41 Å². The van der Waals surface area contributed by atoms with Gasteiger partial charge < -0.3 is 9.84 Å². The van der Waals surface area contributed by atoms with Crippen molar-refractivity contribution in [3.8, 4) is 22.6 Å². The number of rotatable bonds is 8. The summed E-state index contributed by atoms with van der Waals surface area (Å²) in [6, 6.07) is 9.39. The van der Waals surface area contributed by atoms with Crippen LogP contribution in [0.1, 0.15) is 185 Å². The SMILES string of the molecule is [2H]C(C)(C)c1[nH]n(-c2ccc(C(C)C)c(C(C)(C)C)c2C)c(=O)c1N=Nc1c(C)c(C)cc(-c2c(C)ccc(C(=O)O)c2C)c1OC.[2H][2H].[2H][2H].[2H][2H].[2H][2H].[2H][2H].[2H][2H].[2H][2H].[HH].[HH].[HH].[HH].[HH].[HH].[HH].[HH].[HH].[HH].[HH].[HH].[HH].[HH].[HH].[HH].[HH].[HH].[HH].[HH].[HH].[HH].[HH].[HH].[HH].[HH].[HH].[HH].[HH].[HH].[HH].[HH].[HH]. The van der Waals surface area contributed by atoms with E-state index in [9.17, 15) is 14.7 Å². The molecule has 4 aromatic rings. The molecule has 0 saturated carbocycles. The van der Waals surface area contributed by atoms with Crippen molar-refractivity contribution in [2.75, 3.05) is 7.11 Å². The summed E-state index contributed by atoms with van der Waals surface area (Å²) in [7, 11) is 1.54. The molecule has 0 atom stereocenters. The predicted molar refractivity (Wildman–Crippen MR) is 271 cm³/mol. The Labute approximate surface area is 344 Å². The van der Waals surface area contributed by atoms with Gasteiger partial charge in [-0.25, -0.2) is 9.48 Å². The number of H-pyrrole nitrogens is 1. The lowest BCUT2D eigenvalue weighted by Gasteiger charge is -2.28. The standard InChI is InChI=1S/C38H48N4O4.40H2/c1-19(2)26-16-17-29(25(9)31(26)38(10,11)12)42-36(43)34(32(41-42)20(3)4)40-39-33-23(7)22(6)18-28(35(33)46-13)30-21(5)14-15-27(24(30)8)37(44)45;;;;;;;;;;;;;;;;;;;;;;;;;;;;;;;;;;;;;;;;/h14-20,41H,1-13H3,(H,44,45);40*1H/i20D;7*1+1D;;;;;;;;;;;;;;;;;;;;;;;;;;;;;;;;;. The van der Waals surface area contributed by atoms with Crippen molar-refractivity contribution in [2.45, 2.75) is 100 Å². The van der Waals surface area contributed by atoms with Gasteiger partial charge in [0, 0.05) is 74.8 Å². The van der Waals surface area contributed by atoms with Crippen molar-refractivity contribution >= 4 is 17.3 Å². The zero-order valence-electron chi connectivity index (χ0n) is 44.5. The summed E-state index contributed by atoms with van der Waals surface area (Å²) in [4.78, 5) is 26.2. The molecule has 0 spiro atoms. The van der Waals surface area contributed by atoms with Gasteiger partial charge in [-0.15, -0.1) is 10.2 Å². The van der Waals surface area contributed by atoms with E-state index in [0.29, 0.717) is 39.9 Å². The van der Waals surface area contributed by atoms with Gasteiger partial charge in [0.05, 0.1) is 24.1 Å². The first-order chi connectivity index (χ1) is 28.7. The molecule has 46 heavy (non-hydrogen) atoms. The molecule has 0 fully saturated rings. The van der Waals surface area contributed by atoms with E-state index >= 15 is 0 Å². The lowest BCUT2D eigenvalue weighted by atomic mass is 9.77. The first-order valence-corrected chi connectivity index (χ1v) is 15.7. The average Bonchev–Trinajstić information content (AvgIpc) is 3.58. The average molecular weight is 721 g/mol. The number of aromatic amines is 1. The largest absolute Gasteiger partial charge is 0.494 e. The van der Waals surface area contributed by atoms with E-state index in [1.165, 1.54) is 22.9 Å². The van der Waals surface area contributed by atoms with Crippen LogP contribution >= 0.6 is 0 Å². The molecule has 324 valence electrons. The van der Waals surface area contributed by atoms with Crippen LogP contribution in [0, 0.1) is 34.6 Å². The maximum absolute atomic E-state index is 14.2. The van der Waals surface area contributed by atoms with Crippen LogP contribution in [0.25, 0.3) is 16.8 Å². The fraction of sp³-hybridized carbons (Fsp3) is 0.421.